The van der Waals surface area contributed by atoms with Crippen LogP contribution in [0.1, 0.15) is 27.8 Å². The molecule has 4 rings (SSSR count). The minimum Gasteiger partial charge on any atom is -0.270 e. The maximum absolute atomic E-state index is 4.46. The zero-order valence-corrected chi connectivity index (χ0v) is 15.8. The Hall–Kier alpha value is -2.33. The van der Waals surface area contributed by atoms with Gasteiger partial charge in [-0.05, 0) is 56.5 Å². The van der Waals surface area contributed by atoms with Gasteiger partial charge in [0.25, 0.3) is 0 Å². The molecule has 0 saturated heterocycles. The lowest BCUT2D eigenvalue weighted by Crippen LogP contribution is -1.96. The molecule has 126 valence electrons. The number of nitrogens with zero attached hydrogens (tertiary/aromatic N) is 3. The van der Waals surface area contributed by atoms with E-state index in [0.717, 1.165) is 16.6 Å². The van der Waals surface area contributed by atoms with E-state index in [-0.39, 0.29) is 0 Å². The molecule has 0 aliphatic carbocycles. The quantitative estimate of drug-likeness (QED) is 0.464. The van der Waals surface area contributed by atoms with Crippen LogP contribution in [-0.4, -0.2) is 14.6 Å². The first-order chi connectivity index (χ1) is 12.0. The van der Waals surface area contributed by atoms with Gasteiger partial charge in [-0.2, -0.15) is 0 Å². The molecule has 2 heterocycles. The topological polar surface area (TPSA) is 30.2 Å². The van der Waals surface area contributed by atoms with Crippen molar-refractivity contribution in [1.29, 1.82) is 0 Å². The van der Waals surface area contributed by atoms with Crippen molar-refractivity contribution in [2.75, 3.05) is 0 Å². The van der Waals surface area contributed by atoms with Crippen LogP contribution in [-0.2, 0) is 5.75 Å². The molecule has 25 heavy (non-hydrogen) atoms. The van der Waals surface area contributed by atoms with Crippen LogP contribution in [0.4, 0.5) is 0 Å². The number of benzene rings is 2. The summed E-state index contributed by atoms with van der Waals surface area (Å²) in [4.78, 5) is 0. The average molecular weight is 347 g/mol. The summed E-state index contributed by atoms with van der Waals surface area (Å²) in [5, 5.41) is 11.1. The molecule has 0 spiro atoms. The van der Waals surface area contributed by atoms with E-state index in [4.69, 9.17) is 0 Å². The van der Waals surface area contributed by atoms with Gasteiger partial charge in [0.05, 0.1) is 5.52 Å². The second-order valence-electron chi connectivity index (χ2n) is 6.76. The van der Waals surface area contributed by atoms with Gasteiger partial charge in [0.1, 0.15) is 0 Å². The van der Waals surface area contributed by atoms with E-state index in [1.807, 2.05) is 0 Å². The maximum atomic E-state index is 4.46. The van der Waals surface area contributed by atoms with Crippen LogP contribution in [0.15, 0.2) is 47.6 Å². The predicted octanol–water partition coefficient (Wildman–Crippen LogP) is 5.41. The highest BCUT2D eigenvalue weighted by atomic mass is 32.2. The first-order valence-corrected chi connectivity index (χ1v) is 9.45. The summed E-state index contributed by atoms with van der Waals surface area (Å²) in [7, 11) is 0. The predicted molar refractivity (Wildman–Crippen MR) is 105 cm³/mol. The number of rotatable bonds is 3. The highest BCUT2D eigenvalue weighted by Gasteiger charge is 2.13. The lowest BCUT2D eigenvalue weighted by molar-refractivity contribution is 0.937. The molecule has 0 atom stereocenters. The Labute approximate surface area is 152 Å². The molecule has 3 nitrogen and oxygen atoms in total. The molecule has 0 N–H and O–H groups in total. The molecule has 4 aromatic rings. The van der Waals surface area contributed by atoms with Crippen molar-refractivity contribution >= 4 is 28.3 Å². The molecule has 0 fully saturated rings. The molecule has 0 radical (unpaired) electrons. The second kappa shape index (κ2) is 6.19. The molecule has 4 heteroatoms. The van der Waals surface area contributed by atoms with Gasteiger partial charge in [-0.15, -0.1) is 10.2 Å². The van der Waals surface area contributed by atoms with E-state index in [0.29, 0.717) is 0 Å². The molecule has 0 aliphatic rings. The lowest BCUT2D eigenvalue weighted by atomic mass is 10.0. The molecule has 0 amide bonds. The molecular formula is C21H21N3S. The Kier molecular flexibility index (Phi) is 4.00. The van der Waals surface area contributed by atoms with Gasteiger partial charge in [-0.1, -0.05) is 53.2 Å². The zero-order chi connectivity index (χ0) is 17.6. The van der Waals surface area contributed by atoms with Gasteiger partial charge in [0.2, 0.25) is 0 Å². The fourth-order valence-corrected chi connectivity index (χ4v) is 4.24. The minimum absolute atomic E-state index is 0.890. The molecule has 2 aromatic heterocycles. The van der Waals surface area contributed by atoms with Gasteiger partial charge in [0, 0.05) is 11.1 Å². The molecule has 0 saturated carbocycles. The largest absolute Gasteiger partial charge is 0.270 e. The SMILES string of the molecule is Cc1ccc(CSc2nnc3cc(C)c4cc(C)cc(C)c4n23)cc1. The van der Waals surface area contributed by atoms with E-state index in [1.165, 1.54) is 38.7 Å². The van der Waals surface area contributed by atoms with Crippen molar-refractivity contribution in [2.45, 2.75) is 38.6 Å². The fraction of sp³-hybridized carbons (Fsp3) is 0.238. The van der Waals surface area contributed by atoms with Crippen LogP contribution < -0.4 is 0 Å². The van der Waals surface area contributed by atoms with Gasteiger partial charge < -0.3 is 0 Å². The monoisotopic (exact) mass is 347 g/mol. The normalized spacial score (nSPS) is 11.5. The summed E-state index contributed by atoms with van der Waals surface area (Å²) >= 11 is 1.74. The highest BCUT2D eigenvalue weighted by Crippen LogP contribution is 2.30. The third-order valence-electron chi connectivity index (χ3n) is 4.59. The molecule has 0 unspecified atom stereocenters. The van der Waals surface area contributed by atoms with Crippen molar-refractivity contribution in [3.63, 3.8) is 0 Å². The van der Waals surface area contributed by atoms with E-state index >= 15 is 0 Å². The Bertz CT molecular complexity index is 1080. The van der Waals surface area contributed by atoms with Crippen LogP contribution in [0.5, 0.6) is 0 Å². The van der Waals surface area contributed by atoms with Gasteiger partial charge in [-0.3, -0.25) is 4.40 Å². The smallest absolute Gasteiger partial charge is 0.196 e. The van der Waals surface area contributed by atoms with Crippen LogP contribution in [0.3, 0.4) is 0 Å². The summed E-state index contributed by atoms with van der Waals surface area (Å²) in [6.07, 6.45) is 0. The van der Waals surface area contributed by atoms with E-state index in [2.05, 4.69) is 84.8 Å². The summed E-state index contributed by atoms with van der Waals surface area (Å²) in [5.41, 5.74) is 8.53. The Balaban J connectivity index is 1.82. The number of thioether (sulfide) groups is 1. The highest BCUT2D eigenvalue weighted by molar-refractivity contribution is 7.98. The van der Waals surface area contributed by atoms with Crippen molar-refractivity contribution in [2.24, 2.45) is 0 Å². The van der Waals surface area contributed by atoms with Crippen LogP contribution in [0.2, 0.25) is 0 Å². The average Bonchev–Trinajstić information content (AvgIpc) is 2.97. The third kappa shape index (κ3) is 2.91. The van der Waals surface area contributed by atoms with E-state index < -0.39 is 0 Å². The van der Waals surface area contributed by atoms with Crippen molar-refractivity contribution in [1.82, 2.24) is 14.6 Å². The Morgan fingerprint density at radius 2 is 1.60 bits per heavy atom. The number of pyridine rings is 1. The summed E-state index contributed by atoms with van der Waals surface area (Å²) in [6, 6.07) is 15.3. The summed E-state index contributed by atoms with van der Waals surface area (Å²) < 4.78 is 2.20. The molecular weight excluding hydrogens is 326 g/mol. The minimum atomic E-state index is 0.890. The van der Waals surface area contributed by atoms with Gasteiger partial charge in [-0.25, -0.2) is 0 Å². The molecule has 2 aromatic carbocycles. The number of hydrogen-bond acceptors (Lipinski definition) is 3. The molecule has 0 bridgehead atoms. The number of aromatic nitrogens is 3. The number of aryl methyl sites for hydroxylation is 4. The summed E-state index contributed by atoms with van der Waals surface area (Å²) in [6.45, 7) is 8.58. The number of fused-ring (bicyclic) bond motifs is 3. The zero-order valence-electron chi connectivity index (χ0n) is 15.0. The van der Waals surface area contributed by atoms with E-state index in [9.17, 15) is 0 Å². The van der Waals surface area contributed by atoms with Gasteiger partial charge in [0.15, 0.2) is 10.8 Å². The first-order valence-electron chi connectivity index (χ1n) is 8.47. The van der Waals surface area contributed by atoms with E-state index in [1.54, 1.807) is 11.8 Å². The third-order valence-corrected chi connectivity index (χ3v) is 5.59. The fourth-order valence-electron chi connectivity index (χ4n) is 3.34. The number of hydrogen-bond donors (Lipinski definition) is 0. The maximum Gasteiger partial charge on any atom is 0.196 e. The van der Waals surface area contributed by atoms with Gasteiger partial charge >= 0.3 is 0 Å². The van der Waals surface area contributed by atoms with Crippen molar-refractivity contribution in [3.05, 3.63) is 70.3 Å². The van der Waals surface area contributed by atoms with Crippen molar-refractivity contribution in [3.8, 4) is 0 Å². The van der Waals surface area contributed by atoms with Crippen molar-refractivity contribution < 1.29 is 0 Å². The molecule has 0 aliphatic heterocycles. The Morgan fingerprint density at radius 1 is 0.840 bits per heavy atom. The van der Waals surface area contributed by atoms with Crippen LogP contribution >= 0.6 is 11.8 Å². The second-order valence-corrected chi connectivity index (χ2v) is 7.70. The lowest BCUT2D eigenvalue weighted by Gasteiger charge is -2.11. The summed E-state index contributed by atoms with van der Waals surface area (Å²) in [5.74, 6) is 0.890. The van der Waals surface area contributed by atoms with Crippen LogP contribution in [0.25, 0.3) is 16.6 Å². The first kappa shape index (κ1) is 16.2. The van der Waals surface area contributed by atoms with Crippen LogP contribution in [0, 0.1) is 27.7 Å². The Morgan fingerprint density at radius 3 is 2.36 bits per heavy atom. The standard InChI is InChI=1S/C21H21N3S/c1-13-5-7-17(8-6-13)12-25-21-23-22-19-11-15(3)18-10-14(2)9-16(4)20(18)24(19)21/h5-11H,12H2,1-4H3.